The molecular weight excluding hydrogens is 194 g/mol. The quantitative estimate of drug-likeness (QED) is 0.804. The van der Waals surface area contributed by atoms with Crippen molar-refractivity contribution in [2.45, 2.75) is 45.6 Å². The smallest absolute Gasteiger partial charge is 0.0326 e. The van der Waals surface area contributed by atoms with Gasteiger partial charge in [-0.1, -0.05) is 52.0 Å². The number of benzene rings is 1. The Labute approximate surface area is 99.0 Å². The number of hydrogen-bond acceptors (Lipinski definition) is 1. The minimum absolute atomic E-state index is 0.232. The van der Waals surface area contributed by atoms with Crippen molar-refractivity contribution in [3.05, 3.63) is 35.4 Å². The van der Waals surface area contributed by atoms with Gasteiger partial charge in [0.15, 0.2) is 0 Å². The van der Waals surface area contributed by atoms with E-state index >= 15 is 0 Å². The highest BCUT2D eigenvalue weighted by Gasteiger charge is 2.38. The molecule has 1 aromatic carbocycles. The normalized spacial score (nSPS) is 26.6. The first-order valence-corrected chi connectivity index (χ1v) is 6.25. The van der Waals surface area contributed by atoms with Gasteiger partial charge in [-0.15, -0.1) is 0 Å². The van der Waals surface area contributed by atoms with Crippen LogP contribution in [0, 0.1) is 11.8 Å². The molecular formula is C15H23N. The average molecular weight is 217 g/mol. The van der Waals surface area contributed by atoms with Crippen LogP contribution in [0.5, 0.6) is 0 Å². The Morgan fingerprint density at radius 3 is 2.06 bits per heavy atom. The van der Waals surface area contributed by atoms with E-state index < -0.39 is 0 Å². The lowest BCUT2D eigenvalue weighted by molar-refractivity contribution is 0.581. The van der Waals surface area contributed by atoms with E-state index in [0.29, 0.717) is 5.92 Å². The van der Waals surface area contributed by atoms with Crippen LogP contribution in [0.25, 0.3) is 0 Å². The molecule has 0 heterocycles. The van der Waals surface area contributed by atoms with Crippen LogP contribution in [0.3, 0.4) is 0 Å². The number of rotatable bonds is 2. The van der Waals surface area contributed by atoms with Crippen LogP contribution in [0.1, 0.15) is 51.3 Å². The molecule has 1 nitrogen and oxygen atoms in total. The Bertz CT molecular complexity index is 358. The molecule has 0 bridgehead atoms. The number of hydrogen-bond donors (Lipinski definition) is 1. The van der Waals surface area contributed by atoms with E-state index in [9.17, 15) is 0 Å². The van der Waals surface area contributed by atoms with E-state index in [1.165, 1.54) is 17.5 Å². The van der Waals surface area contributed by atoms with Gasteiger partial charge in [0.25, 0.3) is 0 Å². The largest absolute Gasteiger partial charge is 0.324 e. The van der Waals surface area contributed by atoms with Crippen molar-refractivity contribution in [1.82, 2.24) is 0 Å². The molecule has 1 aliphatic carbocycles. The van der Waals surface area contributed by atoms with Crippen molar-refractivity contribution in [3.8, 4) is 0 Å². The van der Waals surface area contributed by atoms with Crippen molar-refractivity contribution in [1.29, 1.82) is 0 Å². The van der Waals surface area contributed by atoms with Crippen LogP contribution in [-0.4, -0.2) is 0 Å². The highest BCUT2D eigenvalue weighted by Crippen LogP contribution is 2.45. The predicted octanol–water partition coefficient (Wildman–Crippen LogP) is 3.64. The second kappa shape index (κ2) is 3.89. The third-order valence-corrected chi connectivity index (χ3v) is 3.79. The summed E-state index contributed by atoms with van der Waals surface area (Å²) in [5.74, 6) is 1.53. The van der Waals surface area contributed by atoms with Crippen LogP contribution in [0.15, 0.2) is 24.3 Å². The molecule has 16 heavy (non-hydrogen) atoms. The fourth-order valence-corrected chi connectivity index (χ4v) is 2.30. The minimum atomic E-state index is 0.232. The van der Waals surface area contributed by atoms with E-state index in [4.69, 9.17) is 5.73 Å². The van der Waals surface area contributed by atoms with E-state index in [-0.39, 0.29) is 11.5 Å². The Morgan fingerprint density at radius 1 is 1.19 bits per heavy atom. The van der Waals surface area contributed by atoms with Crippen molar-refractivity contribution < 1.29 is 0 Å². The highest BCUT2D eigenvalue weighted by molar-refractivity contribution is 5.30. The summed E-state index contributed by atoms with van der Waals surface area (Å²) in [6.07, 6.45) is 1.29. The van der Waals surface area contributed by atoms with Crippen molar-refractivity contribution in [3.63, 3.8) is 0 Å². The van der Waals surface area contributed by atoms with Gasteiger partial charge < -0.3 is 5.73 Å². The number of nitrogens with two attached hydrogens (primary N) is 1. The summed E-state index contributed by atoms with van der Waals surface area (Å²) in [7, 11) is 0. The second-order valence-corrected chi connectivity index (χ2v) is 6.27. The van der Waals surface area contributed by atoms with Gasteiger partial charge in [0.1, 0.15) is 0 Å². The SMILES string of the molecule is CC1CC1C(N)c1ccc(C(C)(C)C)cc1. The topological polar surface area (TPSA) is 26.0 Å². The van der Waals surface area contributed by atoms with E-state index in [2.05, 4.69) is 52.0 Å². The van der Waals surface area contributed by atoms with E-state index in [1.54, 1.807) is 0 Å². The lowest BCUT2D eigenvalue weighted by Crippen LogP contribution is -2.15. The van der Waals surface area contributed by atoms with Gasteiger partial charge in [-0.3, -0.25) is 0 Å². The minimum Gasteiger partial charge on any atom is -0.324 e. The van der Waals surface area contributed by atoms with Crippen LogP contribution in [0.4, 0.5) is 0 Å². The average Bonchev–Trinajstić information content (AvgIpc) is 2.93. The molecule has 0 amide bonds. The van der Waals surface area contributed by atoms with Crippen LogP contribution < -0.4 is 5.73 Å². The van der Waals surface area contributed by atoms with Gasteiger partial charge in [0, 0.05) is 6.04 Å². The molecule has 3 atom stereocenters. The van der Waals surface area contributed by atoms with Crippen LogP contribution >= 0.6 is 0 Å². The summed E-state index contributed by atoms with van der Waals surface area (Å²) in [6.45, 7) is 9.01. The summed E-state index contributed by atoms with van der Waals surface area (Å²) >= 11 is 0. The molecule has 0 aromatic heterocycles. The van der Waals surface area contributed by atoms with Gasteiger partial charge in [-0.05, 0) is 34.8 Å². The molecule has 0 aliphatic heterocycles. The molecule has 1 aromatic rings. The molecule has 0 spiro atoms. The predicted molar refractivity (Wildman–Crippen MR) is 69.3 cm³/mol. The summed E-state index contributed by atoms with van der Waals surface area (Å²) in [5, 5.41) is 0. The molecule has 0 saturated heterocycles. The maximum atomic E-state index is 6.25. The Kier molecular flexibility index (Phi) is 2.83. The molecule has 1 heteroatoms. The third kappa shape index (κ3) is 2.30. The fraction of sp³-hybridized carbons (Fsp3) is 0.600. The lowest BCUT2D eigenvalue weighted by Gasteiger charge is -2.20. The molecule has 1 saturated carbocycles. The third-order valence-electron chi connectivity index (χ3n) is 3.79. The van der Waals surface area contributed by atoms with Crippen LogP contribution in [-0.2, 0) is 5.41 Å². The van der Waals surface area contributed by atoms with Crippen molar-refractivity contribution in [2.75, 3.05) is 0 Å². The van der Waals surface area contributed by atoms with E-state index in [1.807, 2.05) is 0 Å². The molecule has 2 N–H and O–H groups in total. The monoisotopic (exact) mass is 217 g/mol. The molecule has 0 radical (unpaired) electrons. The molecule has 2 rings (SSSR count). The summed E-state index contributed by atoms with van der Waals surface area (Å²) < 4.78 is 0. The molecule has 1 aliphatic rings. The van der Waals surface area contributed by atoms with Gasteiger partial charge in [0.05, 0.1) is 0 Å². The maximum Gasteiger partial charge on any atom is 0.0326 e. The molecule has 88 valence electrons. The Balaban J connectivity index is 2.13. The van der Waals surface area contributed by atoms with Gasteiger partial charge in [-0.25, -0.2) is 0 Å². The zero-order valence-corrected chi connectivity index (χ0v) is 10.8. The zero-order valence-electron chi connectivity index (χ0n) is 10.8. The lowest BCUT2D eigenvalue weighted by atomic mass is 9.86. The maximum absolute atomic E-state index is 6.25. The Hall–Kier alpha value is -0.820. The zero-order chi connectivity index (χ0) is 11.9. The fourth-order valence-electron chi connectivity index (χ4n) is 2.30. The van der Waals surface area contributed by atoms with Gasteiger partial charge >= 0.3 is 0 Å². The van der Waals surface area contributed by atoms with Gasteiger partial charge in [0.2, 0.25) is 0 Å². The molecule has 3 unspecified atom stereocenters. The molecule has 1 fully saturated rings. The summed E-state index contributed by atoms with van der Waals surface area (Å²) in [6, 6.07) is 9.10. The highest BCUT2D eigenvalue weighted by atomic mass is 14.7. The first-order chi connectivity index (χ1) is 7.39. The summed E-state index contributed by atoms with van der Waals surface area (Å²) in [4.78, 5) is 0. The standard InChI is InChI=1S/C15H23N/c1-10-9-13(10)14(16)11-5-7-12(8-6-11)15(2,3)4/h5-8,10,13-14H,9,16H2,1-4H3. The first-order valence-electron chi connectivity index (χ1n) is 6.25. The summed E-state index contributed by atoms with van der Waals surface area (Å²) in [5.41, 5.74) is 9.16. The second-order valence-electron chi connectivity index (χ2n) is 6.27. The van der Waals surface area contributed by atoms with Gasteiger partial charge in [-0.2, -0.15) is 0 Å². The van der Waals surface area contributed by atoms with Crippen molar-refractivity contribution >= 4 is 0 Å². The van der Waals surface area contributed by atoms with E-state index in [0.717, 1.165) is 5.92 Å². The Morgan fingerprint density at radius 2 is 1.69 bits per heavy atom. The van der Waals surface area contributed by atoms with Crippen molar-refractivity contribution in [2.24, 2.45) is 17.6 Å². The van der Waals surface area contributed by atoms with Crippen LogP contribution in [0.2, 0.25) is 0 Å². The first kappa shape index (κ1) is 11.7.